The third kappa shape index (κ3) is 4.79. The van der Waals surface area contributed by atoms with Crippen molar-refractivity contribution in [3.63, 3.8) is 0 Å². The van der Waals surface area contributed by atoms with Gasteiger partial charge in [-0.15, -0.1) is 0 Å². The van der Waals surface area contributed by atoms with Crippen molar-refractivity contribution in [2.45, 2.75) is 31.6 Å². The van der Waals surface area contributed by atoms with Crippen molar-refractivity contribution in [2.75, 3.05) is 19.7 Å². The minimum Gasteiger partial charge on any atom is -0.481 e. The fraction of sp³-hybridized carbons (Fsp3) is 0.444. The molecule has 5 rings (SSSR count). The van der Waals surface area contributed by atoms with Crippen molar-refractivity contribution in [3.05, 3.63) is 59.7 Å². The molecule has 3 N–H and O–H groups in total. The second-order valence-corrected chi connectivity index (χ2v) is 9.86. The molecule has 0 heterocycles. The second kappa shape index (κ2) is 9.49. The Morgan fingerprint density at radius 2 is 1.50 bits per heavy atom. The standard InChI is InChI=1S/C27H30N2O5/c30-25(31)11-16-9-17(10-16)13-28-26(32)23-12-18(23)14-29-27(33)34-15-24-21-7-3-1-5-19(21)20-6-2-4-8-22(20)24/h1-8,16-18,23-24H,9-15H2,(H,28,32)(H,29,33)(H,30,31)/t16?,17?,18-,23-/m0/s1. The van der Waals surface area contributed by atoms with E-state index in [0.717, 1.165) is 19.3 Å². The molecular weight excluding hydrogens is 432 g/mol. The van der Waals surface area contributed by atoms with E-state index < -0.39 is 12.1 Å². The van der Waals surface area contributed by atoms with Crippen molar-refractivity contribution in [3.8, 4) is 11.1 Å². The number of ether oxygens (including phenoxy) is 1. The van der Waals surface area contributed by atoms with Crippen LogP contribution >= 0.6 is 0 Å². The highest BCUT2D eigenvalue weighted by Gasteiger charge is 2.43. The van der Waals surface area contributed by atoms with Gasteiger partial charge >= 0.3 is 12.1 Å². The molecule has 0 aliphatic heterocycles. The largest absolute Gasteiger partial charge is 0.481 e. The van der Waals surface area contributed by atoms with Gasteiger partial charge in [0.1, 0.15) is 6.61 Å². The number of nitrogens with one attached hydrogen (secondary N) is 2. The zero-order valence-corrected chi connectivity index (χ0v) is 19.0. The molecule has 7 heteroatoms. The maximum absolute atomic E-state index is 12.3. The van der Waals surface area contributed by atoms with Crippen molar-refractivity contribution in [1.82, 2.24) is 10.6 Å². The Bertz CT molecular complexity index is 1050. The molecule has 178 valence electrons. The molecule has 0 aromatic heterocycles. The van der Waals surface area contributed by atoms with E-state index in [1.54, 1.807) is 0 Å². The Morgan fingerprint density at radius 3 is 2.15 bits per heavy atom. The number of carbonyl (C=O) groups excluding carboxylic acids is 2. The van der Waals surface area contributed by atoms with Gasteiger partial charge in [-0.05, 0) is 59.3 Å². The number of aliphatic carboxylic acids is 1. The molecule has 2 aromatic carbocycles. The highest BCUT2D eigenvalue weighted by atomic mass is 16.5. The van der Waals surface area contributed by atoms with E-state index in [-0.39, 0.29) is 42.6 Å². The molecule has 0 unspecified atom stereocenters. The summed E-state index contributed by atoms with van der Waals surface area (Å²) in [6.07, 6.45) is 2.26. The molecule has 0 bridgehead atoms. The van der Waals surface area contributed by atoms with Crippen LogP contribution in [-0.2, 0) is 14.3 Å². The van der Waals surface area contributed by atoms with Gasteiger partial charge in [0, 0.05) is 31.3 Å². The molecule has 0 radical (unpaired) electrons. The quantitative estimate of drug-likeness (QED) is 0.526. The summed E-state index contributed by atoms with van der Waals surface area (Å²) >= 11 is 0. The van der Waals surface area contributed by atoms with E-state index >= 15 is 0 Å². The second-order valence-electron chi connectivity index (χ2n) is 9.86. The Morgan fingerprint density at radius 1 is 0.853 bits per heavy atom. The fourth-order valence-electron chi connectivity index (χ4n) is 5.49. The molecule has 3 aliphatic rings. The lowest BCUT2D eigenvalue weighted by atomic mass is 9.73. The van der Waals surface area contributed by atoms with Gasteiger partial charge in [0.2, 0.25) is 5.91 Å². The van der Waals surface area contributed by atoms with Gasteiger partial charge in [0.15, 0.2) is 0 Å². The Balaban J connectivity index is 1.02. The number of amides is 2. The molecule has 7 nitrogen and oxygen atoms in total. The number of carboxylic acids is 1. The normalized spacial score (nSPS) is 24.4. The molecule has 34 heavy (non-hydrogen) atoms. The smallest absolute Gasteiger partial charge is 0.407 e. The van der Waals surface area contributed by atoms with Crippen molar-refractivity contribution >= 4 is 18.0 Å². The summed E-state index contributed by atoms with van der Waals surface area (Å²) in [7, 11) is 0. The maximum atomic E-state index is 12.3. The number of benzene rings is 2. The van der Waals surface area contributed by atoms with Crippen LogP contribution in [0, 0.1) is 23.7 Å². The van der Waals surface area contributed by atoms with Crippen LogP contribution in [0.2, 0.25) is 0 Å². The van der Waals surface area contributed by atoms with Crippen LogP contribution in [0.5, 0.6) is 0 Å². The number of alkyl carbamates (subject to hydrolysis) is 1. The highest BCUT2D eigenvalue weighted by Crippen LogP contribution is 2.44. The van der Waals surface area contributed by atoms with Gasteiger partial charge in [-0.3, -0.25) is 9.59 Å². The number of hydrogen-bond donors (Lipinski definition) is 3. The first-order valence-corrected chi connectivity index (χ1v) is 12.1. The lowest BCUT2D eigenvalue weighted by Gasteiger charge is -2.34. The van der Waals surface area contributed by atoms with Gasteiger partial charge in [-0.25, -0.2) is 4.79 Å². The SMILES string of the molecule is O=C(O)CC1CC(CNC(=O)[C@H]2C[C@H]2CNC(=O)OCC2c3ccccc3-c3ccccc32)C1. The number of rotatable bonds is 9. The van der Waals surface area contributed by atoms with Crippen molar-refractivity contribution in [2.24, 2.45) is 23.7 Å². The van der Waals surface area contributed by atoms with Crippen molar-refractivity contribution < 1.29 is 24.2 Å². The summed E-state index contributed by atoms with van der Waals surface area (Å²) in [6, 6.07) is 16.4. The molecule has 0 spiro atoms. The number of fused-ring (bicyclic) bond motifs is 3. The number of carboxylic acid groups (broad SMARTS) is 1. The molecule has 2 aromatic rings. The van der Waals surface area contributed by atoms with E-state index in [2.05, 4.69) is 34.9 Å². The lowest BCUT2D eigenvalue weighted by Crippen LogP contribution is -2.38. The molecule has 3 aliphatic carbocycles. The summed E-state index contributed by atoms with van der Waals surface area (Å²) in [6.45, 7) is 1.32. The fourth-order valence-corrected chi connectivity index (χ4v) is 5.49. The Hall–Kier alpha value is -3.35. The van der Waals surface area contributed by atoms with E-state index in [1.165, 1.54) is 22.3 Å². The third-order valence-electron chi connectivity index (χ3n) is 7.47. The molecule has 0 saturated heterocycles. The maximum Gasteiger partial charge on any atom is 0.407 e. The summed E-state index contributed by atoms with van der Waals surface area (Å²) in [4.78, 5) is 35.4. The summed E-state index contributed by atoms with van der Waals surface area (Å²) in [5.41, 5.74) is 4.74. The van der Waals surface area contributed by atoms with Gasteiger partial charge in [0.05, 0.1) is 0 Å². The average molecular weight is 463 g/mol. The summed E-state index contributed by atoms with van der Waals surface area (Å²) in [5.74, 6) is 0.00164. The third-order valence-corrected chi connectivity index (χ3v) is 7.47. The highest BCUT2D eigenvalue weighted by molar-refractivity contribution is 5.82. The lowest BCUT2D eigenvalue weighted by molar-refractivity contribution is -0.139. The Labute approximate surface area is 198 Å². The van der Waals surface area contributed by atoms with E-state index in [4.69, 9.17) is 9.84 Å². The molecule has 2 atom stereocenters. The first-order chi connectivity index (χ1) is 16.5. The van der Waals surface area contributed by atoms with E-state index in [1.807, 2.05) is 24.3 Å². The summed E-state index contributed by atoms with van der Waals surface area (Å²) < 4.78 is 5.56. The van der Waals surface area contributed by atoms with Gasteiger partial charge in [-0.2, -0.15) is 0 Å². The van der Waals surface area contributed by atoms with Crippen LogP contribution in [0.3, 0.4) is 0 Å². The summed E-state index contributed by atoms with van der Waals surface area (Å²) in [5, 5.41) is 14.6. The minimum absolute atomic E-state index is 0.0270. The molecule has 2 saturated carbocycles. The number of hydrogen-bond acceptors (Lipinski definition) is 4. The van der Waals surface area contributed by atoms with Gasteiger partial charge in [0.25, 0.3) is 0 Å². The monoisotopic (exact) mass is 462 g/mol. The van der Waals surface area contributed by atoms with Crippen LogP contribution in [0.4, 0.5) is 4.79 Å². The first kappa shape index (κ1) is 22.4. The van der Waals surface area contributed by atoms with E-state index in [0.29, 0.717) is 19.0 Å². The topological polar surface area (TPSA) is 105 Å². The number of carbonyl (C=O) groups is 3. The minimum atomic E-state index is -0.753. The molecule has 2 amide bonds. The molecule has 2 fully saturated rings. The zero-order valence-electron chi connectivity index (χ0n) is 19.0. The predicted octanol–water partition coefficient (Wildman–Crippen LogP) is 3.78. The van der Waals surface area contributed by atoms with E-state index in [9.17, 15) is 14.4 Å². The van der Waals surface area contributed by atoms with Crippen LogP contribution in [0.15, 0.2) is 48.5 Å². The van der Waals surface area contributed by atoms with Crippen LogP contribution in [0.1, 0.15) is 42.7 Å². The Kier molecular flexibility index (Phi) is 6.26. The van der Waals surface area contributed by atoms with Crippen LogP contribution in [-0.4, -0.2) is 42.8 Å². The van der Waals surface area contributed by atoms with Gasteiger partial charge in [-0.1, -0.05) is 48.5 Å². The van der Waals surface area contributed by atoms with Crippen LogP contribution in [0.25, 0.3) is 11.1 Å². The first-order valence-electron chi connectivity index (χ1n) is 12.1. The van der Waals surface area contributed by atoms with Crippen LogP contribution < -0.4 is 10.6 Å². The molecular formula is C27H30N2O5. The average Bonchev–Trinajstić information content (AvgIpc) is 3.52. The predicted molar refractivity (Wildman–Crippen MR) is 126 cm³/mol. The van der Waals surface area contributed by atoms with Gasteiger partial charge < -0.3 is 20.5 Å². The zero-order chi connectivity index (χ0) is 23.7. The van der Waals surface area contributed by atoms with Crippen molar-refractivity contribution in [1.29, 1.82) is 0 Å².